The van der Waals surface area contributed by atoms with Crippen LogP contribution in [0, 0.1) is 6.92 Å². The summed E-state index contributed by atoms with van der Waals surface area (Å²) in [5, 5.41) is 7.27. The highest BCUT2D eigenvalue weighted by molar-refractivity contribution is 6.32. The standard InChI is InChI=1S/C23H23ClF3N5O/c1-15-4-2-3-5-16(15)14-31-10-8-18(9-11-31)30-19-13-29-32(22(33)21(19)24)20-7-6-17(12-28-20)23(25,26)27/h2-7,12-13,18,30H,8-11,14H2,1H3. The lowest BCUT2D eigenvalue weighted by Crippen LogP contribution is -2.39. The number of hydrogen-bond acceptors (Lipinski definition) is 5. The lowest BCUT2D eigenvalue weighted by atomic mass is 10.0. The zero-order valence-electron chi connectivity index (χ0n) is 17.9. The number of piperidine rings is 1. The Bertz CT molecular complexity index is 1170. The van der Waals surface area contributed by atoms with Gasteiger partial charge in [0.05, 0.1) is 17.4 Å². The number of pyridine rings is 1. The molecule has 0 radical (unpaired) electrons. The predicted molar refractivity (Wildman–Crippen MR) is 121 cm³/mol. The van der Waals surface area contributed by atoms with E-state index in [1.54, 1.807) is 0 Å². The lowest BCUT2D eigenvalue weighted by molar-refractivity contribution is -0.137. The molecule has 3 aromatic rings. The van der Waals surface area contributed by atoms with Gasteiger partial charge in [0.1, 0.15) is 5.02 Å². The lowest BCUT2D eigenvalue weighted by Gasteiger charge is -2.33. The summed E-state index contributed by atoms with van der Waals surface area (Å²) in [6.45, 7) is 4.83. The average Bonchev–Trinajstić information content (AvgIpc) is 2.79. The molecule has 0 amide bonds. The van der Waals surface area contributed by atoms with Crippen molar-refractivity contribution in [1.82, 2.24) is 19.7 Å². The highest BCUT2D eigenvalue weighted by Gasteiger charge is 2.31. The fourth-order valence-corrected chi connectivity index (χ4v) is 4.04. The van der Waals surface area contributed by atoms with Crippen molar-refractivity contribution in [3.05, 3.63) is 80.9 Å². The van der Waals surface area contributed by atoms with Crippen LogP contribution >= 0.6 is 11.6 Å². The van der Waals surface area contributed by atoms with Gasteiger partial charge in [-0.25, -0.2) is 4.98 Å². The number of benzene rings is 1. The number of nitrogens with zero attached hydrogens (tertiary/aromatic N) is 4. The number of alkyl halides is 3. The van der Waals surface area contributed by atoms with Crippen LogP contribution in [-0.2, 0) is 12.7 Å². The van der Waals surface area contributed by atoms with Crippen LogP contribution in [-0.4, -0.2) is 38.8 Å². The van der Waals surface area contributed by atoms with Crippen molar-refractivity contribution in [3.63, 3.8) is 0 Å². The molecule has 0 saturated carbocycles. The summed E-state index contributed by atoms with van der Waals surface area (Å²) in [5.74, 6) is -0.0361. The number of likely N-dealkylation sites (tertiary alicyclic amines) is 1. The van der Waals surface area contributed by atoms with Crippen molar-refractivity contribution < 1.29 is 13.2 Å². The van der Waals surface area contributed by atoms with E-state index < -0.39 is 17.3 Å². The zero-order valence-corrected chi connectivity index (χ0v) is 18.7. The molecule has 0 aliphatic carbocycles. The summed E-state index contributed by atoms with van der Waals surface area (Å²) < 4.78 is 39.1. The Balaban J connectivity index is 1.40. The number of aryl methyl sites for hydroxylation is 1. The van der Waals surface area contributed by atoms with Crippen LogP contribution in [0.3, 0.4) is 0 Å². The normalized spacial score (nSPS) is 15.5. The van der Waals surface area contributed by atoms with Crippen molar-refractivity contribution in [1.29, 1.82) is 0 Å². The molecule has 1 aliphatic rings. The molecule has 0 spiro atoms. The molecule has 174 valence electrons. The van der Waals surface area contributed by atoms with Crippen LogP contribution < -0.4 is 10.9 Å². The first-order valence-corrected chi connectivity index (χ1v) is 10.9. The second-order valence-corrected chi connectivity index (χ2v) is 8.49. The van der Waals surface area contributed by atoms with E-state index in [1.165, 1.54) is 17.3 Å². The Morgan fingerprint density at radius 2 is 1.85 bits per heavy atom. The van der Waals surface area contributed by atoms with E-state index in [0.717, 1.165) is 49.3 Å². The largest absolute Gasteiger partial charge is 0.417 e. The third-order valence-corrected chi connectivity index (χ3v) is 6.18. The van der Waals surface area contributed by atoms with Crippen LogP contribution in [0.1, 0.15) is 29.5 Å². The molecule has 1 N–H and O–H groups in total. The van der Waals surface area contributed by atoms with Gasteiger partial charge in [-0.2, -0.15) is 23.0 Å². The molecule has 0 unspecified atom stereocenters. The van der Waals surface area contributed by atoms with Gasteiger partial charge in [0.15, 0.2) is 5.82 Å². The molecule has 10 heteroatoms. The SMILES string of the molecule is Cc1ccccc1CN1CCC(Nc2cnn(-c3ccc(C(F)(F)F)cn3)c(=O)c2Cl)CC1. The van der Waals surface area contributed by atoms with Crippen molar-refractivity contribution in [2.45, 2.75) is 38.5 Å². The highest BCUT2D eigenvalue weighted by atomic mass is 35.5. The molecule has 6 nitrogen and oxygen atoms in total. The molecular formula is C23H23ClF3N5O. The third kappa shape index (κ3) is 5.36. The molecule has 0 bridgehead atoms. The first-order valence-electron chi connectivity index (χ1n) is 10.6. The highest BCUT2D eigenvalue weighted by Crippen LogP contribution is 2.29. The number of nitrogens with one attached hydrogen (secondary N) is 1. The minimum atomic E-state index is -4.51. The Morgan fingerprint density at radius 3 is 2.48 bits per heavy atom. The molecule has 1 aliphatic heterocycles. The molecule has 0 atom stereocenters. The van der Waals surface area contributed by atoms with Gasteiger partial charge in [-0.1, -0.05) is 35.9 Å². The molecule has 1 saturated heterocycles. The zero-order chi connectivity index (χ0) is 23.6. The van der Waals surface area contributed by atoms with Gasteiger partial charge >= 0.3 is 6.18 Å². The number of aromatic nitrogens is 3. The second-order valence-electron chi connectivity index (χ2n) is 8.11. The molecule has 1 fully saturated rings. The van der Waals surface area contributed by atoms with E-state index in [1.807, 2.05) is 12.1 Å². The second kappa shape index (κ2) is 9.52. The van der Waals surface area contributed by atoms with Crippen molar-refractivity contribution in [2.75, 3.05) is 18.4 Å². The summed E-state index contributed by atoms with van der Waals surface area (Å²) in [4.78, 5) is 18.8. The van der Waals surface area contributed by atoms with E-state index in [2.05, 4.69) is 39.4 Å². The van der Waals surface area contributed by atoms with Crippen LogP contribution in [0.2, 0.25) is 5.02 Å². The Morgan fingerprint density at radius 1 is 1.12 bits per heavy atom. The average molecular weight is 478 g/mol. The fourth-order valence-electron chi connectivity index (χ4n) is 3.86. The smallest absolute Gasteiger partial charge is 0.380 e. The number of rotatable bonds is 5. The number of halogens is 4. The van der Waals surface area contributed by atoms with E-state index in [4.69, 9.17) is 11.6 Å². The van der Waals surface area contributed by atoms with E-state index in [0.29, 0.717) is 11.9 Å². The fraction of sp³-hybridized carbons (Fsp3) is 0.348. The third-order valence-electron chi connectivity index (χ3n) is 5.81. The van der Waals surface area contributed by atoms with Gasteiger partial charge in [0, 0.05) is 31.9 Å². The number of anilines is 1. The quantitative estimate of drug-likeness (QED) is 0.578. The van der Waals surface area contributed by atoms with Gasteiger partial charge in [0.2, 0.25) is 0 Å². The first-order chi connectivity index (χ1) is 15.7. The maximum Gasteiger partial charge on any atom is 0.417 e. The van der Waals surface area contributed by atoms with Crippen LogP contribution in [0.15, 0.2) is 53.6 Å². The van der Waals surface area contributed by atoms with Crippen LogP contribution in [0.5, 0.6) is 0 Å². The summed E-state index contributed by atoms with van der Waals surface area (Å²) in [7, 11) is 0. The maximum atomic E-state index is 12.7. The van der Waals surface area contributed by atoms with Crippen LogP contribution in [0.4, 0.5) is 18.9 Å². The predicted octanol–water partition coefficient (Wildman–Crippen LogP) is 4.68. The van der Waals surface area contributed by atoms with Gasteiger partial charge in [-0.15, -0.1) is 0 Å². The Kier molecular flexibility index (Phi) is 6.71. The minimum Gasteiger partial charge on any atom is -0.380 e. The van der Waals surface area contributed by atoms with Gasteiger partial charge in [-0.3, -0.25) is 9.69 Å². The molecule has 4 rings (SSSR count). The summed E-state index contributed by atoms with van der Waals surface area (Å²) in [5.41, 5.74) is 1.45. The van der Waals surface area contributed by atoms with Crippen molar-refractivity contribution >= 4 is 17.3 Å². The van der Waals surface area contributed by atoms with Gasteiger partial charge < -0.3 is 5.32 Å². The van der Waals surface area contributed by atoms with Gasteiger partial charge in [0.25, 0.3) is 5.56 Å². The molecule has 33 heavy (non-hydrogen) atoms. The first kappa shape index (κ1) is 23.3. The van der Waals surface area contributed by atoms with Crippen molar-refractivity contribution in [2.24, 2.45) is 0 Å². The summed E-state index contributed by atoms with van der Waals surface area (Å²) in [6, 6.07) is 10.4. The van der Waals surface area contributed by atoms with Crippen LogP contribution in [0.25, 0.3) is 5.82 Å². The minimum absolute atomic E-state index is 0.0361. The molecule has 2 aromatic heterocycles. The molecule has 1 aromatic carbocycles. The summed E-state index contributed by atoms with van der Waals surface area (Å²) in [6.07, 6.45) is -0.681. The Hall–Kier alpha value is -2.91. The molecular weight excluding hydrogens is 455 g/mol. The van der Waals surface area contributed by atoms with Gasteiger partial charge in [-0.05, 0) is 43.0 Å². The van der Waals surface area contributed by atoms with E-state index in [-0.39, 0.29) is 16.9 Å². The Labute approximate surface area is 194 Å². The topological polar surface area (TPSA) is 63.1 Å². The maximum absolute atomic E-state index is 12.7. The monoisotopic (exact) mass is 477 g/mol. The van der Waals surface area contributed by atoms with E-state index >= 15 is 0 Å². The van der Waals surface area contributed by atoms with E-state index in [9.17, 15) is 18.0 Å². The number of hydrogen-bond donors (Lipinski definition) is 1. The van der Waals surface area contributed by atoms with Crippen molar-refractivity contribution in [3.8, 4) is 5.82 Å². The molecule has 3 heterocycles. The summed E-state index contributed by atoms with van der Waals surface area (Å²) >= 11 is 6.27.